The van der Waals surface area contributed by atoms with Crippen molar-refractivity contribution in [3.05, 3.63) is 60.2 Å². The molecule has 2 rings (SSSR count). The van der Waals surface area contributed by atoms with Gasteiger partial charge in [0.2, 0.25) is 17.7 Å². The standard InChI is InChI=1S/C30H45N7O5Si/c1-20(28(39)35-21(2)43(42)37-25(27(33)38)12-6-8-18-31)34-30(41)26(13-7-9-19-32)36-29(40)24-16-14-23(15-17-24)22-10-4-3-5-11-22/h3-5,10-11,14-17,20-21,25-26,37H,6-9,12-13,18-19,31-32H2,1-2H3,(H2,33,38)(H,34,41)(H,35,39)(H,36,40)/t20-,21+,25-,26-/m0/s1. The van der Waals surface area contributed by atoms with Crippen molar-refractivity contribution in [2.75, 3.05) is 13.1 Å². The summed E-state index contributed by atoms with van der Waals surface area (Å²) in [5.41, 5.74) is 18.1. The number of benzene rings is 2. The predicted molar refractivity (Wildman–Crippen MR) is 167 cm³/mol. The lowest BCUT2D eigenvalue weighted by Crippen LogP contribution is -2.57. The van der Waals surface area contributed by atoms with Crippen molar-refractivity contribution >= 4 is 32.5 Å². The number of nitrogens with two attached hydrogens (primary N) is 3. The molecule has 2 aromatic carbocycles. The van der Waals surface area contributed by atoms with E-state index < -0.39 is 56.3 Å². The van der Waals surface area contributed by atoms with Gasteiger partial charge in [0.25, 0.3) is 5.91 Å². The topological polar surface area (TPSA) is 212 Å². The van der Waals surface area contributed by atoms with Crippen LogP contribution in [0.4, 0.5) is 0 Å². The van der Waals surface area contributed by atoms with Gasteiger partial charge in [0.15, 0.2) is 0 Å². The molecule has 0 fully saturated rings. The monoisotopic (exact) mass is 611 g/mol. The summed E-state index contributed by atoms with van der Waals surface area (Å²) in [6.07, 6.45) is 3.31. The quantitative estimate of drug-likeness (QED) is 0.0882. The first-order chi connectivity index (χ1) is 20.6. The highest BCUT2D eigenvalue weighted by Crippen LogP contribution is 2.19. The first-order valence-corrected chi connectivity index (χ1v) is 16.1. The third-order valence-electron chi connectivity index (χ3n) is 6.93. The van der Waals surface area contributed by atoms with Gasteiger partial charge in [0.05, 0.1) is 11.7 Å². The fourth-order valence-electron chi connectivity index (χ4n) is 4.31. The molecule has 0 aliphatic carbocycles. The molecule has 4 atom stereocenters. The second-order valence-electron chi connectivity index (χ2n) is 10.5. The molecular formula is C30H45N7O5Si. The summed E-state index contributed by atoms with van der Waals surface area (Å²) in [7, 11) is -2.65. The van der Waals surface area contributed by atoms with E-state index in [2.05, 4.69) is 20.9 Å². The highest BCUT2D eigenvalue weighted by atomic mass is 28.3. The predicted octanol–water partition coefficient (Wildman–Crippen LogP) is 0.621. The first-order valence-electron chi connectivity index (χ1n) is 14.6. The zero-order valence-electron chi connectivity index (χ0n) is 24.9. The van der Waals surface area contributed by atoms with Gasteiger partial charge in [-0.3, -0.25) is 19.2 Å². The molecule has 12 nitrogen and oxygen atoms in total. The van der Waals surface area contributed by atoms with Crippen LogP contribution in [0.5, 0.6) is 0 Å². The summed E-state index contributed by atoms with van der Waals surface area (Å²) < 4.78 is 12.8. The molecule has 0 saturated carbocycles. The van der Waals surface area contributed by atoms with Crippen molar-refractivity contribution < 1.29 is 23.6 Å². The van der Waals surface area contributed by atoms with Gasteiger partial charge in [0.1, 0.15) is 12.1 Å². The maximum absolute atomic E-state index is 13.2. The van der Waals surface area contributed by atoms with E-state index >= 15 is 0 Å². The molecule has 0 heterocycles. The van der Waals surface area contributed by atoms with E-state index in [1.807, 2.05) is 42.5 Å². The van der Waals surface area contributed by atoms with Gasteiger partial charge in [-0.1, -0.05) is 42.5 Å². The summed E-state index contributed by atoms with van der Waals surface area (Å²) in [6.45, 7) is 3.94. The summed E-state index contributed by atoms with van der Waals surface area (Å²) in [5.74, 6) is -2.15. The van der Waals surface area contributed by atoms with Crippen LogP contribution in [0.3, 0.4) is 0 Å². The molecule has 0 saturated heterocycles. The second-order valence-corrected chi connectivity index (χ2v) is 12.3. The number of hydrogen-bond donors (Lipinski definition) is 7. The highest BCUT2D eigenvalue weighted by molar-refractivity contribution is 6.42. The van der Waals surface area contributed by atoms with Gasteiger partial charge in [-0.25, -0.2) is 0 Å². The van der Waals surface area contributed by atoms with E-state index in [1.165, 1.54) is 13.8 Å². The van der Waals surface area contributed by atoms with Crippen molar-refractivity contribution in [2.45, 2.75) is 76.2 Å². The van der Waals surface area contributed by atoms with Crippen LogP contribution >= 0.6 is 0 Å². The Morgan fingerprint density at radius 3 is 1.84 bits per heavy atom. The minimum Gasteiger partial charge on any atom is -0.378 e. The second kappa shape index (κ2) is 18.6. The number of nitrogens with one attached hydrogen (secondary N) is 4. The summed E-state index contributed by atoms with van der Waals surface area (Å²) in [5, 5.41) is 8.03. The fourth-order valence-corrected chi connectivity index (χ4v) is 5.46. The van der Waals surface area contributed by atoms with E-state index in [9.17, 15) is 23.6 Å². The zero-order valence-corrected chi connectivity index (χ0v) is 25.9. The number of hydrogen-bond acceptors (Lipinski definition) is 7. The van der Waals surface area contributed by atoms with Crippen LogP contribution in [0.25, 0.3) is 11.1 Å². The minimum absolute atomic E-state index is 0.331. The minimum atomic E-state index is -2.65. The van der Waals surface area contributed by atoms with Gasteiger partial charge in [0, 0.05) is 5.56 Å². The summed E-state index contributed by atoms with van der Waals surface area (Å²) in [6, 6.07) is 14.1. The fraction of sp³-hybridized carbons (Fsp3) is 0.467. The Hall–Kier alpha value is -3.94. The van der Waals surface area contributed by atoms with Crippen LogP contribution < -0.4 is 38.1 Å². The van der Waals surface area contributed by atoms with Crippen LogP contribution in [0.1, 0.15) is 62.7 Å². The van der Waals surface area contributed by atoms with Crippen molar-refractivity contribution in [3.63, 3.8) is 0 Å². The number of rotatable bonds is 19. The van der Waals surface area contributed by atoms with Gasteiger partial charge < -0.3 is 42.6 Å². The Labute approximate surface area is 254 Å². The molecule has 0 radical (unpaired) electrons. The number of unbranched alkanes of at least 4 members (excludes halogenated alkanes) is 2. The van der Waals surface area contributed by atoms with Crippen LogP contribution in [-0.2, 0) is 18.8 Å². The zero-order chi connectivity index (χ0) is 31.8. The van der Waals surface area contributed by atoms with Crippen LogP contribution in [0.2, 0.25) is 0 Å². The van der Waals surface area contributed by atoms with Crippen LogP contribution in [0, 0.1) is 0 Å². The van der Waals surface area contributed by atoms with E-state index in [4.69, 9.17) is 17.2 Å². The van der Waals surface area contributed by atoms with Gasteiger partial charge in [-0.05, 0) is 88.7 Å². The molecule has 0 aliphatic rings. The Kier molecular flexibility index (Phi) is 15.2. The Morgan fingerprint density at radius 1 is 0.721 bits per heavy atom. The molecule has 0 unspecified atom stereocenters. The molecular weight excluding hydrogens is 566 g/mol. The Morgan fingerprint density at radius 2 is 1.28 bits per heavy atom. The van der Waals surface area contributed by atoms with Crippen molar-refractivity contribution in [3.8, 4) is 11.1 Å². The third-order valence-corrected chi connectivity index (χ3v) is 8.50. The van der Waals surface area contributed by atoms with Gasteiger partial charge in [-0.2, -0.15) is 0 Å². The smallest absolute Gasteiger partial charge is 0.378 e. The van der Waals surface area contributed by atoms with Crippen LogP contribution in [0.15, 0.2) is 54.6 Å². The van der Waals surface area contributed by atoms with Crippen LogP contribution in [-0.4, -0.2) is 69.4 Å². The normalized spacial score (nSPS) is 13.6. The maximum atomic E-state index is 13.2. The molecule has 0 aromatic heterocycles. The largest absolute Gasteiger partial charge is 0.416 e. The van der Waals surface area contributed by atoms with E-state index in [0.29, 0.717) is 57.2 Å². The van der Waals surface area contributed by atoms with E-state index in [1.54, 1.807) is 12.1 Å². The SMILES string of the molecule is C[C@H](NC(=O)[C@H](CCCCN)NC(=O)c1ccc(-c2ccccc2)cc1)C(=O)N[C@@H](C)[Si](=O)N[C@@H](CCCCN)C(N)=O. The molecule has 0 spiro atoms. The van der Waals surface area contributed by atoms with E-state index in [-0.39, 0.29) is 0 Å². The molecule has 4 amide bonds. The van der Waals surface area contributed by atoms with Gasteiger partial charge in [-0.15, -0.1) is 0 Å². The average molecular weight is 612 g/mol. The lowest BCUT2D eigenvalue weighted by Gasteiger charge is -2.23. The highest BCUT2D eigenvalue weighted by Gasteiger charge is 2.28. The average Bonchev–Trinajstić information content (AvgIpc) is 3.00. The van der Waals surface area contributed by atoms with Crippen molar-refractivity contribution in [1.82, 2.24) is 20.9 Å². The molecule has 2 aromatic rings. The van der Waals surface area contributed by atoms with E-state index in [0.717, 1.165) is 11.1 Å². The lowest BCUT2D eigenvalue weighted by molar-refractivity contribution is -0.129. The maximum Gasteiger partial charge on any atom is 0.416 e. The third kappa shape index (κ3) is 12.1. The lowest BCUT2D eigenvalue weighted by atomic mass is 10.0. The summed E-state index contributed by atoms with van der Waals surface area (Å²) >= 11 is 0. The van der Waals surface area contributed by atoms with Crippen molar-refractivity contribution in [2.24, 2.45) is 17.2 Å². The molecule has 0 aliphatic heterocycles. The summed E-state index contributed by atoms with van der Waals surface area (Å²) in [4.78, 5) is 53.5. The number of primary amides is 1. The molecule has 234 valence electrons. The number of carbonyl (C=O) groups is 4. The van der Waals surface area contributed by atoms with Crippen molar-refractivity contribution in [1.29, 1.82) is 0 Å². The molecule has 10 N–H and O–H groups in total. The number of carbonyl (C=O) groups excluding carboxylic acids is 4. The molecule has 0 bridgehead atoms. The van der Waals surface area contributed by atoms with Gasteiger partial charge >= 0.3 is 8.84 Å². The first kappa shape index (κ1) is 35.3. The molecule has 13 heteroatoms. The number of amides is 4. The Balaban J connectivity index is 1.98. The molecule has 43 heavy (non-hydrogen) atoms. The Bertz CT molecular complexity index is 1210.